The maximum Gasteiger partial charge on any atom is 0.416 e. The van der Waals surface area contributed by atoms with Crippen molar-refractivity contribution in [3.8, 4) is 10.6 Å². The number of thiazole rings is 1. The summed E-state index contributed by atoms with van der Waals surface area (Å²) >= 11 is 7.26. The predicted octanol–water partition coefficient (Wildman–Crippen LogP) is 5.22. The monoisotopic (exact) mass is 328 g/mol. The maximum atomic E-state index is 12.7. The van der Waals surface area contributed by atoms with Crippen molar-refractivity contribution in [1.29, 1.82) is 0 Å². The lowest BCUT2D eigenvalue weighted by molar-refractivity contribution is -0.137. The molecule has 1 aromatic heterocycles. The van der Waals surface area contributed by atoms with Crippen molar-refractivity contribution >= 4 is 38.8 Å². The van der Waals surface area contributed by atoms with Crippen LogP contribution in [0.1, 0.15) is 5.56 Å². The average Bonchev–Trinajstić information content (AvgIpc) is 2.83. The van der Waals surface area contributed by atoms with E-state index in [4.69, 9.17) is 17.3 Å². The summed E-state index contributed by atoms with van der Waals surface area (Å²) in [5.74, 6) is 0. The minimum absolute atomic E-state index is 0.317. The van der Waals surface area contributed by atoms with Gasteiger partial charge >= 0.3 is 6.18 Å². The van der Waals surface area contributed by atoms with E-state index in [1.54, 1.807) is 18.2 Å². The van der Waals surface area contributed by atoms with Crippen LogP contribution < -0.4 is 5.73 Å². The van der Waals surface area contributed by atoms with E-state index in [1.807, 2.05) is 0 Å². The van der Waals surface area contributed by atoms with Gasteiger partial charge in [-0.05, 0) is 36.4 Å². The maximum absolute atomic E-state index is 12.7. The Morgan fingerprint density at radius 2 is 1.86 bits per heavy atom. The van der Waals surface area contributed by atoms with Gasteiger partial charge in [0.15, 0.2) is 0 Å². The van der Waals surface area contributed by atoms with Gasteiger partial charge in [0.25, 0.3) is 0 Å². The van der Waals surface area contributed by atoms with Crippen molar-refractivity contribution in [1.82, 2.24) is 4.98 Å². The van der Waals surface area contributed by atoms with E-state index in [2.05, 4.69) is 4.98 Å². The number of benzene rings is 2. The molecule has 108 valence electrons. The Hall–Kier alpha value is -1.79. The Bertz CT molecular complexity index is 827. The molecule has 0 fully saturated rings. The van der Waals surface area contributed by atoms with Crippen LogP contribution in [0, 0.1) is 0 Å². The van der Waals surface area contributed by atoms with Gasteiger partial charge in [0.1, 0.15) is 5.01 Å². The number of alkyl halides is 3. The summed E-state index contributed by atoms with van der Waals surface area (Å²) in [5, 5.41) is 0.994. The first-order valence-electron chi connectivity index (χ1n) is 5.88. The number of nitrogens with zero attached hydrogens (tertiary/aromatic N) is 1. The Kier molecular flexibility index (Phi) is 3.30. The minimum atomic E-state index is -4.37. The lowest BCUT2D eigenvalue weighted by atomic mass is 10.2. The highest BCUT2D eigenvalue weighted by Gasteiger charge is 2.30. The van der Waals surface area contributed by atoms with Crippen LogP contribution in [0.25, 0.3) is 20.8 Å². The van der Waals surface area contributed by atoms with Crippen molar-refractivity contribution in [2.75, 3.05) is 5.73 Å². The van der Waals surface area contributed by atoms with Crippen LogP contribution in [0.5, 0.6) is 0 Å². The molecule has 3 aromatic rings. The number of nitrogens with two attached hydrogens (primary N) is 1. The summed E-state index contributed by atoms with van der Waals surface area (Å²) in [7, 11) is 0. The van der Waals surface area contributed by atoms with Crippen LogP contribution in [0.3, 0.4) is 0 Å². The predicted molar refractivity (Wildman–Crippen MR) is 79.5 cm³/mol. The molecule has 2 nitrogen and oxygen atoms in total. The average molecular weight is 329 g/mol. The first-order valence-corrected chi connectivity index (χ1v) is 7.07. The van der Waals surface area contributed by atoms with Gasteiger partial charge in [-0.25, -0.2) is 4.98 Å². The van der Waals surface area contributed by atoms with E-state index in [9.17, 15) is 13.2 Å². The van der Waals surface area contributed by atoms with E-state index in [0.717, 1.165) is 17.7 Å². The normalized spacial score (nSPS) is 12.0. The van der Waals surface area contributed by atoms with E-state index in [-0.39, 0.29) is 0 Å². The number of hydrogen-bond donors (Lipinski definition) is 1. The van der Waals surface area contributed by atoms with Crippen molar-refractivity contribution in [2.45, 2.75) is 6.18 Å². The number of rotatable bonds is 1. The number of halogens is 4. The molecule has 7 heteroatoms. The molecular formula is C14H8ClF3N2S. The van der Waals surface area contributed by atoms with Crippen LogP contribution >= 0.6 is 22.9 Å². The first kappa shape index (κ1) is 14.2. The lowest BCUT2D eigenvalue weighted by Crippen LogP contribution is -2.03. The number of fused-ring (bicyclic) bond motifs is 1. The second-order valence-electron chi connectivity index (χ2n) is 4.44. The molecule has 0 unspecified atom stereocenters. The molecule has 0 aliphatic rings. The standard InChI is InChI=1S/C14H8ClF3N2S/c15-9-5-7(1-3-10(9)19)13-20-11-6-8(14(16,17)18)2-4-12(11)21-13/h1-6H,19H2. The zero-order chi connectivity index (χ0) is 15.2. The SMILES string of the molecule is Nc1ccc(-c2nc3cc(C(F)(F)F)ccc3s2)cc1Cl. The van der Waals surface area contributed by atoms with Gasteiger partial charge in [0, 0.05) is 5.56 Å². The largest absolute Gasteiger partial charge is 0.416 e. The quantitative estimate of drug-likeness (QED) is 0.622. The van der Waals surface area contributed by atoms with Crippen molar-refractivity contribution in [3.63, 3.8) is 0 Å². The molecule has 0 aliphatic carbocycles. The van der Waals surface area contributed by atoms with Gasteiger partial charge in [-0.3, -0.25) is 0 Å². The fourth-order valence-electron chi connectivity index (χ4n) is 1.89. The zero-order valence-electron chi connectivity index (χ0n) is 10.4. The third kappa shape index (κ3) is 2.69. The van der Waals surface area contributed by atoms with Gasteiger partial charge in [-0.15, -0.1) is 11.3 Å². The van der Waals surface area contributed by atoms with Crippen LogP contribution in [0.2, 0.25) is 5.02 Å². The third-order valence-corrected chi connectivity index (χ3v) is 4.38. The Labute approximate surface area is 127 Å². The fourth-order valence-corrected chi connectivity index (χ4v) is 3.01. The van der Waals surface area contributed by atoms with Gasteiger partial charge in [-0.1, -0.05) is 11.6 Å². The van der Waals surface area contributed by atoms with E-state index >= 15 is 0 Å². The van der Waals surface area contributed by atoms with Crippen molar-refractivity contribution in [2.24, 2.45) is 0 Å². The fraction of sp³-hybridized carbons (Fsp3) is 0.0714. The highest BCUT2D eigenvalue weighted by molar-refractivity contribution is 7.21. The summed E-state index contributed by atoms with van der Waals surface area (Å²) in [6.45, 7) is 0. The first-order chi connectivity index (χ1) is 9.84. The summed E-state index contributed by atoms with van der Waals surface area (Å²) in [5.41, 5.74) is 6.42. The van der Waals surface area contributed by atoms with Crippen molar-refractivity contribution < 1.29 is 13.2 Å². The molecule has 0 atom stereocenters. The smallest absolute Gasteiger partial charge is 0.398 e. The van der Waals surface area contributed by atoms with Crippen LogP contribution in [0.15, 0.2) is 36.4 Å². The molecule has 0 bridgehead atoms. The van der Waals surface area contributed by atoms with Gasteiger partial charge in [-0.2, -0.15) is 13.2 Å². The number of nitrogen functional groups attached to an aromatic ring is 1. The van der Waals surface area contributed by atoms with Crippen molar-refractivity contribution in [3.05, 3.63) is 47.0 Å². The molecule has 2 N–H and O–H groups in total. The number of anilines is 1. The van der Waals surface area contributed by atoms with Gasteiger partial charge in [0.05, 0.1) is 26.5 Å². The molecule has 3 rings (SSSR count). The third-order valence-electron chi connectivity index (χ3n) is 2.96. The van der Waals surface area contributed by atoms with Crippen LogP contribution in [-0.2, 0) is 6.18 Å². The molecule has 21 heavy (non-hydrogen) atoms. The van der Waals surface area contributed by atoms with Gasteiger partial charge in [0.2, 0.25) is 0 Å². The molecule has 0 aliphatic heterocycles. The lowest BCUT2D eigenvalue weighted by Gasteiger charge is -2.04. The second-order valence-corrected chi connectivity index (χ2v) is 5.87. The van der Waals surface area contributed by atoms with Gasteiger partial charge < -0.3 is 5.73 Å². The molecule has 0 saturated carbocycles. The zero-order valence-corrected chi connectivity index (χ0v) is 12.0. The molecule has 2 aromatic carbocycles. The second kappa shape index (κ2) is 4.89. The molecule has 0 saturated heterocycles. The summed E-state index contributed by atoms with van der Waals surface area (Å²) in [4.78, 5) is 4.25. The molecule has 1 heterocycles. The molecular weight excluding hydrogens is 321 g/mol. The van der Waals surface area contributed by atoms with Crippen LogP contribution in [-0.4, -0.2) is 4.98 Å². The summed E-state index contributed by atoms with van der Waals surface area (Å²) in [6, 6.07) is 8.57. The number of aromatic nitrogens is 1. The van der Waals surface area contributed by atoms with E-state index in [0.29, 0.717) is 25.9 Å². The number of hydrogen-bond acceptors (Lipinski definition) is 3. The van der Waals surface area contributed by atoms with Crippen LogP contribution in [0.4, 0.5) is 18.9 Å². The van der Waals surface area contributed by atoms with E-state index in [1.165, 1.54) is 17.4 Å². The summed E-state index contributed by atoms with van der Waals surface area (Å²) < 4.78 is 38.7. The highest BCUT2D eigenvalue weighted by atomic mass is 35.5. The van der Waals surface area contributed by atoms with E-state index < -0.39 is 11.7 Å². The Balaban J connectivity index is 2.10. The molecule has 0 spiro atoms. The highest BCUT2D eigenvalue weighted by Crippen LogP contribution is 2.36. The topological polar surface area (TPSA) is 38.9 Å². The minimum Gasteiger partial charge on any atom is -0.398 e. The molecule has 0 amide bonds. The summed E-state index contributed by atoms with van der Waals surface area (Å²) in [6.07, 6.45) is -4.37. The molecule has 0 radical (unpaired) electrons. The Morgan fingerprint density at radius 1 is 1.10 bits per heavy atom. The Morgan fingerprint density at radius 3 is 2.52 bits per heavy atom.